The zero-order chi connectivity index (χ0) is 33.4. The average molecular weight is 640 g/mol. The molecular formula is C39H29B5N4S. The quantitative estimate of drug-likeness (QED) is 0.275. The van der Waals surface area contributed by atoms with E-state index in [-0.39, 0.29) is 0 Å². The van der Waals surface area contributed by atoms with Gasteiger partial charge in [-0.25, -0.2) is 15.0 Å². The molecule has 10 heteroatoms. The van der Waals surface area contributed by atoms with E-state index in [4.69, 9.17) is 15.0 Å². The van der Waals surface area contributed by atoms with Crippen LogP contribution in [0.2, 0.25) is 0 Å². The highest BCUT2D eigenvalue weighted by Crippen LogP contribution is 2.39. The molecule has 3 heterocycles. The molecule has 0 unspecified atom stereocenters. The Hall–Kier alpha value is -5.33. The molecule has 0 aliphatic heterocycles. The highest BCUT2D eigenvalue weighted by atomic mass is 32.1. The van der Waals surface area contributed by atoms with Gasteiger partial charge in [-0.3, -0.25) is 0 Å². The third-order valence-electron chi connectivity index (χ3n) is 10.4. The number of benzene rings is 6. The molecule has 0 N–H and O–H groups in total. The molecule has 0 aliphatic carbocycles. The minimum absolute atomic E-state index is 0.682. The summed E-state index contributed by atoms with van der Waals surface area (Å²) in [6, 6.07) is 41.1. The summed E-state index contributed by atoms with van der Waals surface area (Å²) in [5.74, 6) is 2.08. The van der Waals surface area contributed by atoms with Gasteiger partial charge in [0.2, 0.25) is 0 Å². The lowest BCUT2D eigenvalue weighted by Crippen LogP contribution is -2.55. The Morgan fingerprint density at radius 3 is 1.67 bits per heavy atom. The van der Waals surface area contributed by atoms with Gasteiger partial charge in [-0.15, -0.1) is 27.7 Å². The Balaban J connectivity index is 1.22. The monoisotopic (exact) mass is 640 g/mol. The van der Waals surface area contributed by atoms with E-state index in [2.05, 4.69) is 141 Å². The van der Waals surface area contributed by atoms with Gasteiger partial charge in [-0.05, 0) is 42.5 Å². The lowest BCUT2D eigenvalue weighted by molar-refractivity contribution is 1.08. The normalized spacial score (nSPS) is 11.7. The number of hydrogen-bond acceptors (Lipinski definition) is 4. The number of nitrogens with zero attached hydrogens (tertiary/aromatic N) is 4. The maximum Gasteiger partial charge on any atom is 0.164 e. The van der Waals surface area contributed by atoms with Crippen molar-refractivity contribution in [1.82, 2.24) is 19.5 Å². The summed E-state index contributed by atoms with van der Waals surface area (Å²) in [7, 11) is 11.0. The van der Waals surface area contributed by atoms with Crippen molar-refractivity contribution in [2.24, 2.45) is 0 Å². The minimum atomic E-state index is 0.682. The predicted molar refractivity (Wildman–Crippen MR) is 224 cm³/mol. The average Bonchev–Trinajstić information content (AvgIpc) is 3.68. The number of para-hydroxylation sites is 2. The number of aromatic nitrogens is 4. The molecule has 0 spiro atoms. The second-order valence-electron chi connectivity index (χ2n) is 13.0. The van der Waals surface area contributed by atoms with Crippen LogP contribution in [0.3, 0.4) is 0 Å². The standard InChI is InChI=1S/C39H29B5N4S/c40-32-31(33(41)35(43)36(44)34(32)42)39-46-37(20-8-2-1-3-9-20)45-38(47-39)21-14-17-29-26(18-21)25-16-15-22(19-30(25)49-29)48-27-12-6-4-10-23(27)24-11-5-7-13-28(24)48/h1-19H,40-44H2. The molecule has 4 nitrogen and oxygen atoms in total. The first-order valence-corrected chi connectivity index (χ1v) is 17.5. The molecule has 0 saturated heterocycles. The van der Waals surface area contributed by atoms with E-state index in [9.17, 15) is 0 Å². The number of thiophene rings is 1. The molecule has 49 heavy (non-hydrogen) atoms. The summed E-state index contributed by atoms with van der Waals surface area (Å²) in [5, 5.41) is 4.99. The summed E-state index contributed by atoms with van der Waals surface area (Å²) in [6.07, 6.45) is 0. The first-order valence-electron chi connectivity index (χ1n) is 16.7. The van der Waals surface area contributed by atoms with Crippen LogP contribution < -0.4 is 27.3 Å². The van der Waals surface area contributed by atoms with E-state index < -0.39 is 0 Å². The van der Waals surface area contributed by atoms with Crippen molar-refractivity contribution in [3.63, 3.8) is 0 Å². The van der Waals surface area contributed by atoms with Crippen molar-refractivity contribution in [2.75, 3.05) is 0 Å². The minimum Gasteiger partial charge on any atom is -0.309 e. The Labute approximate surface area is 293 Å². The summed E-state index contributed by atoms with van der Waals surface area (Å²) < 4.78 is 4.88. The van der Waals surface area contributed by atoms with Crippen molar-refractivity contribution in [3.05, 3.63) is 115 Å². The first-order chi connectivity index (χ1) is 23.9. The molecule has 0 saturated carbocycles. The van der Waals surface area contributed by atoms with Gasteiger partial charge in [0.25, 0.3) is 0 Å². The second-order valence-corrected chi connectivity index (χ2v) is 14.1. The van der Waals surface area contributed by atoms with Crippen molar-refractivity contribution in [3.8, 4) is 39.9 Å². The molecule has 226 valence electrons. The second kappa shape index (κ2) is 11.4. The van der Waals surface area contributed by atoms with E-state index in [1.165, 1.54) is 75.0 Å². The molecule has 0 atom stereocenters. The van der Waals surface area contributed by atoms with E-state index in [0.717, 1.165) is 22.5 Å². The molecule has 9 aromatic rings. The van der Waals surface area contributed by atoms with Crippen LogP contribution in [0.5, 0.6) is 0 Å². The predicted octanol–water partition coefficient (Wildman–Crippen LogP) is 1.63. The third kappa shape index (κ3) is 4.69. The Kier molecular flexibility index (Phi) is 6.92. The molecule has 0 radical (unpaired) electrons. The van der Waals surface area contributed by atoms with Crippen LogP contribution in [-0.4, -0.2) is 58.8 Å². The van der Waals surface area contributed by atoms with E-state index in [1.54, 1.807) is 0 Å². The SMILES string of the molecule is Bc1c(B)c(B)c(-c2nc(-c3ccccc3)nc(-c3ccc4sc5cc(-n6c7ccccc7c7ccccc76)ccc5c4c3)n2)c(B)c1B. The number of fused-ring (bicyclic) bond motifs is 6. The molecular weight excluding hydrogens is 611 g/mol. The molecule has 9 rings (SSSR count). The van der Waals surface area contributed by atoms with Gasteiger partial charge in [0.1, 0.15) is 39.2 Å². The van der Waals surface area contributed by atoms with Crippen LogP contribution in [0.1, 0.15) is 0 Å². The highest BCUT2D eigenvalue weighted by Gasteiger charge is 2.19. The summed E-state index contributed by atoms with van der Waals surface area (Å²) in [4.78, 5) is 15.4. The first kappa shape index (κ1) is 29.8. The van der Waals surface area contributed by atoms with Gasteiger partial charge in [0, 0.05) is 53.3 Å². The summed E-state index contributed by atoms with van der Waals surface area (Å²) >= 11 is 1.83. The molecule has 0 bridgehead atoms. The van der Waals surface area contributed by atoms with Crippen molar-refractivity contribution < 1.29 is 0 Å². The van der Waals surface area contributed by atoms with Crippen LogP contribution in [-0.2, 0) is 0 Å². The van der Waals surface area contributed by atoms with Gasteiger partial charge < -0.3 is 4.57 Å². The van der Waals surface area contributed by atoms with Gasteiger partial charge >= 0.3 is 0 Å². The van der Waals surface area contributed by atoms with Crippen molar-refractivity contribution >= 4 is 120 Å². The number of rotatable bonds is 4. The Bertz CT molecular complexity index is 2710. The van der Waals surface area contributed by atoms with Crippen LogP contribution >= 0.6 is 11.3 Å². The fourth-order valence-electron chi connectivity index (χ4n) is 7.41. The van der Waals surface area contributed by atoms with Crippen LogP contribution in [0, 0.1) is 0 Å². The molecule has 0 amide bonds. The zero-order valence-corrected chi connectivity index (χ0v) is 29.0. The highest BCUT2D eigenvalue weighted by molar-refractivity contribution is 7.25. The van der Waals surface area contributed by atoms with E-state index >= 15 is 0 Å². The van der Waals surface area contributed by atoms with E-state index in [0.29, 0.717) is 11.6 Å². The molecule has 6 aromatic carbocycles. The lowest BCUT2D eigenvalue weighted by atomic mass is 9.60. The van der Waals surface area contributed by atoms with Gasteiger partial charge in [0.05, 0.1) is 11.0 Å². The number of hydrogen-bond donors (Lipinski definition) is 0. The topological polar surface area (TPSA) is 43.6 Å². The molecule has 3 aromatic heterocycles. The van der Waals surface area contributed by atoms with E-state index in [1.807, 2.05) is 29.5 Å². The molecule has 0 aliphatic rings. The fraction of sp³-hybridized carbons (Fsp3) is 0. The maximum absolute atomic E-state index is 5.19. The van der Waals surface area contributed by atoms with Crippen LogP contribution in [0.15, 0.2) is 115 Å². The van der Waals surface area contributed by atoms with Gasteiger partial charge in [0.15, 0.2) is 17.5 Å². The smallest absolute Gasteiger partial charge is 0.164 e. The summed E-state index contributed by atoms with van der Waals surface area (Å²) in [6.45, 7) is 0. The van der Waals surface area contributed by atoms with Crippen LogP contribution in [0.25, 0.3) is 81.8 Å². The van der Waals surface area contributed by atoms with Crippen molar-refractivity contribution in [1.29, 1.82) is 0 Å². The van der Waals surface area contributed by atoms with Crippen molar-refractivity contribution in [2.45, 2.75) is 0 Å². The Morgan fingerprint density at radius 1 is 0.429 bits per heavy atom. The largest absolute Gasteiger partial charge is 0.309 e. The Morgan fingerprint density at radius 2 is 1.00 bits per heavy atom. The van der Waals surface area contributed by atoms with Crippen LogP contribution in [0.4, 0.5) is 0 Å². The maximum atomic E-state index is 5.19. The van der Waals surface area contributed by atoms with Gasteiger partial charge in [-0.2, -0.15) is 0 Å². The third-order valence-corrected chi connectivity index (χ3v) is 11.6. The summed E-state index contributed by atoms with van der Waals surface area (Å²) in [5.41, 5.74) is 13.0. The molecule has 0 fully saturated rings. The zero-order valence-electron chi connectivity index (χ0n) is 28.2. The van der Waals surface area contributed by atoms with Gasteiger partial charge in [-0.1, -0.05) is 83.7 Å². The lowest BCUT2D eigenvalue weighted by Gasteiger charge is -2.20. The fourth-order valence-corrected chi connectivity index (χ4v) is 8.53.